The largest absolute Gasteiger partial charge is 0.366 e. The van der Waals surface area contributed by atoms with Crippen molar-refractivity contribution in [2.45, 2.75) is 6.42 Å². The van der Waals surface area contributed by atoms with Gasteiger partial charge in [0.2, 0.25) is 0 Å². The maximum absolute atomic E-state index is 10.4. The molecule has 1 aromatic rings. The second-order valence-corrected chi connectivity index (χ2v) is 4.35. The first-order valence-electron chi connectivity index (χ1n) is 5.49. The van der Waals surface area contributed by atoms with E-state index in [0.29, 0.717) is 19.3 Å². The molecule has 0 spiro atoms. The average Bonchev–Trinajstić information content (AvgIpc) is 2.37. The number of nitrogens with one attached hydrogen (secondary N) is 2. The van der Waals surface area contributed by atoms with Gasteiger partial charge in [0, 0.05) is 12.7 Å². The number of carbonyl (C=O) groups excluding carboxylic acids is 1. The van der Waals surface area contributed by atoms with Gasteiger partial charge in [-0.1, -0.05) is 6.07 Å². The second-order valence-electron chi connectivity index (χ2n) is 3.54. The summed E-state index contributed by atoms with van der Waals surface area (Å²) in [5.74, 6) is 0.210. The Morgan fingerprint density at radius 2 is 2.26 bits per heavy atom. The number of hydrogen-bond donors (Lipinski definition) is 2. The van der Waals surface area contributed by atoms with Crippen molar-refractivity contribution < 1.29 is 9.72 Å². The van der Waals surface area contributed by atoms with Crippen LogP contribution in [0.4, 0.5) is 0 Å². The molecular formula is C11H13BrN4O3. The van der Waals surface area contributed by atoms with Gasteiger partial charge >= 0.3 is 0 Å². The summed E-state index contributed by atoms with van der Waals surface area (Å²) in [7, 11) is 0. The first-order chi connectivity index (χ1) is 9.11. The molecule has 0 atom stereocenters. The number of nitro groups is 1. The van der Waals surface area contributed by atoms with Crippen LogP contribution in [-0.2, 0) is 11.2 Å². The topological polar surface area (TPSA) is 97.2 Å². The molecule has 0 saturated carbocycles. The lowest BCUT2D eigenvalue weighted by Crippen LogP contribution is -2.30. The van der Waals surface area contributed by atoms with E-state index in [4.69, 9.17) is 0 Å². The third-order valence-corrected chi connectivity index (χ3v) is 2.60. The zero-order valence-electron chi connectivity index (χ0n) is 10.0. The minimum Gasteiger partial charge on any atom is -0.366 e. The van der Waals surface area contributed by atoms with Crippen molar-refractivity contribution in [2.24, 2.45) is 0 Å². The summed E-state index contributed by atoms with van der Waals surface area (Å²) in [5, 5.41) is 15.9. The van der Waals surface area contributed by atoms with Gasteiger partial charge in [0.05, 0.1) is 11.5 Å². The maximum Gasteiger partial charge on any atom is 0.274 e. The number of nitrogens with zero attached hydrogens (tertiary/aromatic N) is 2. The zero-order chi connectivity index (χ0) is 14.1. The molecular weight excluding hydrogens is 316 g/mol. The summed E-state index contributed by atoms with van der Waals surface area (Å²) >= 11 is 3.24. The van der Waals surface area contributed by atoms with Gasteiger partial charge in [0.15, 0.2) is 5.82 Å². The highest BCUT2D eigenvalue weighted by Crippen LogP contribution is 2.06. The van der Waals surface area contributed by atoms with E-state index < -0.39 is 4.92 Å². The van der Waals surface area contributed by atoms with Crippen molar-refractivity contribution >= 4 is 22.2 Å². The third kappa shape index (κ3) is 6.51. The van der Waals surface area contributed by atoms with E-state index in [9.17, 15) is 14.9 Å². The lowest BCUT2D eigenvalue weighted by molar-refractivity contribution is -0.404. The molecule has 19 heavy (non-hydrogen) atoms. The number of hydrogen-bond acceptors (Lipinski definition) is 6. The fourth-order valence-electron chi connectivity index (χ4n) is 1.31. The van der Waals surface area contributed by atoms with E-state index in [1.807, 2.05) is 12.1 Å². The molecule has 7 nitrogen and oxygen atoms in total. The molecule has 0 amide bonds. The van der Waals surface area contributed by atoms with Crippen molar-refractivity contribution in [3.8, 4) is 0 Å². The Labute approximate surface area is 118 Å². The summed E-state index contributed by atoms with van der Waals surface area (Å²) in [6, 6.07) is 3.74. The molecule has 0 aliphatic heterocycles. The van der Waals surface area contributed by atoms with Gasteiger partial charge in [-0.05, 0) is 34.0 Å². The number of pyridine rings is 1. The fraction of sp³-hybridized carbons (Fsp3) is 0.273. The Bertz CT molecular complexity index is 462. The van der Waals surface area contributed by atoms with Gasteiger partial charge in [0.25, 0.3) is 6.20 Å². The van der Waals surface area contributed by atoms with Crippen molar-refractivity contribution in [1.29, 1.82) is 0 Å². The molecule has 0 saturated heterocycles. The van der Waals surface area contributed by atoms with Gasteiger partial charge < -0.3 is 15.4 Å². The fourth-order valence-corrected chi connectivity index (χ4v) is 1.54. The lowest BCUT2D eigenvalue weighted by atomic mass is 10.2. The normalized spacial score (nSPS) is 10.9. The minimum atomic E-state index is -0.582. The van der Waals surface area contributed by atoms with Gasteiger partial charge in [-0.25, -0.2) is 4.98 Å². The molecule has 0 fully saturated rings. The summed E-state index contributed by atoms with van der Waals surface area (Å²) in [6.07, 6.45) is 3.82. The van der Waals surface area contributed by atoms with Gasteiger partial charge in [-0.15, -0.1) is 0 Å². The molecule has 102 valence electrons. The van der Waals surface area contributed by atoms with Crippen LogP contribution in [0.2, 0.25) is 0 Å². The first kappa shape index (κ1) is 15.1. The quantitative estimate of drug-likeness (QED) is 0.317. The third-order valence-electron chi connectivity index (χ3n) is 2.13. The number of carbonyl (C=O) groups is 1. The zero-order valence-corrected chi connectivity index (χ0v) is 11.6. The van der Waals surface area contributed by atoms with Crippen LogP contribution in [0.25, 0.3) is 0 Å². The Balaban J connectivity index is 2.45. The Morgan fingerprint density at radius 3 is 2.84 bits per heavy atom. The standard InChI is InChI=1S/C11H13BrN4O3/c12-10-2-1-9(7-15-10)3-4-13-11(8-16(18)19)14-5-6-17/h1-2,6-8,13-14H,3-5H2/b11-8-. The van der Waals surface area contributed by atoms with E-state index >= 15 is 0 Å². The predicted octanol–water partition coefficient (Wildman–Crippen LogP) is 0.840. The first-order valence-corrected chi connectivity index (χ1v) is 6.28. The summed E-state index contributed by atoms with van der Waals surface area (Å²) < 4.78 is 0.755. The molecule has 0 aliphatic carbocycles. The highest BCUT2D eigenvalue weighted by Gasteiger charge is 2.02. The lowest BCUT2D eigenvalue weighted by Gasteiger charge is -2.09. The molecule has 0 bridgehead atoms. The number of aldehydes is 1. The van der Waals surface area contributed by atoms with E-state index in [0.717, 1.165) is 16.4 Å². The van der Waals surface area contributed by atoms with Crippen LogP contribution in [0, 0.1) is 10.1 Å². The van der Waals surface area contributed by atoms with Gasteiger partial charge in [-0.2, -0.15) is 0 Å². The van der Waals surface area contributed by atoms with Crippen LogP contribution >= 0.6 is 15.9 Å². The Hall–Kier alpha value is -1.96. The molecule has 0 radical (unpaired) electrons. The monoisotopic (exact) mass is 328 g/mol. The number of aromatic nitrogens is 1. The molecule has 1 aromatic heterocycles. The Morgan fingerprint density at radius 1 is 1.47 bits per heavy atom. The van der Waals surface area contributed by atoms with Crippen LogP contribution in [0.1, 0.15) is 5.56 Å². The molecule has 2 N–H and O–H groups in total. The van der Waals surface area contributed by atoms with Crippen LogP contribution in [-0.4, -0.2) is 29.3 Å². The van der Waals surface area contributed by atoms with E-state index in [1.54, 1.807) is 6.20 Å². The van der Waals surface area contributed by atoms with Crippen LogP contribution < -0.4 is 10.6 Å². The summed E-state index contributed by atoms with van der Waals surface area (Å²) in [5.41, 5.74) is 1.01. The van der Waals surface area contributed by atoms with E-state index in [1.165, 1.54) is 0 Å². The molecule has 1 heterocycles. The number of halogens is 1. The highest BCUT2D eigenvalue weighted by atomic mass is 79.9. The van der Waals surface area contributed by atoms with Crippen LogP contribution in [0.15, 0.2) is 35.0 Å². The van der Waals surface area contributed by atoms with Crippen molar-refractivity contribution in [2.75, 3.05) is 13.1 Å². The minimum absolute atomic E-state index is 0.0203. The van der Waals surface area contributed by atoms with Crippen LogP contribution in [0.5, 0.6) is 0 Å². The highest BCUT2D eigenvalue weighted by molar-refractivity contribution is 9.10. The van der Waals surface area contributed by atoms with Crippen LogP contribution in [0.3, 0.4) is 0 Å². The maximum atomic E-state index is 10.4. The van der Waals surface area contributed by atoms with E-state index in [-0.39, 0.29) is 12.4 Å². The smallest absolute Gasteiger partial charge is 0.274 e. The predicted molar refractivity (Wildman–Crippen MR) is 72.8 cm³/mol. The molecule has 0 aromatic carbocycles. The summed E-state index contributed by atoms with van der Waals surface area (Å²) in [4.78, 5) is 24.1. The van der Waals surface area contributed by atoms with Gasteiger partial charge in [-0.3, -0.25) is 10.1 Å². The second kappa shape index (κ2) is 8.20. The van der Waals surface area contributed by atoms with E-state index in [2.05, 4.69) is 31.5 Å². The average molecular weight is 329 g/mol. The van der Waals surface area contributed by atoms with Gasteiger partial charge in [0.1, 0.15) is 10.9 Å². The molecule has 8 heteroatoms. The molecule has 1 rings (SSSR count). The Kier molecular flexibility index (Phi) is 6.51. The molecule has 0 aliphatic rings. The van der Waals surface area contributed by atoms with Crippen molar-refractivity contribution in [3.05, 3.63) is 50.6 Å². The summed E-state index contributed by atoms with van der Waals surface area (Å²) in [6.45, 7) is 0.515. The van der Waals surface area contributed by atoms with Crippen molar-refractivity contribution in [3.63, 3.8) is 0 Å². The molecule has 0 unspecified atom stereocenters. The van der Waals surface area contributed by atoms with Crippen molar-refractivity contribution in [1.82, 2.24) is 15.6 Å². The number of rotatable bonds is 8. The SMILES string of the molecule is O=CCN/C(=C\[N+](=O)[O-])NCCc1ccc(Br)nc1.